The molecule has 1 rings (SSSR count). The van der Waals surface area contributed by atoms with Crippen molar-refractivity contribution >= 4 is 12.0 Å². The number of nitrogens with zero attached hydrogens (tertiary/aromatic N) is 2. The predicted molar refractivity (Wildman–Crippen MR) is 44.6 cm³/mol. The van der Waals surface area contributed by atoms with Crippen molar-refractivity contribution in [2.24, 2.45) is 11.5 Å². The van der Waals surface area contributed by atoms with Gasteiger partial charge in [0.2, 0.25) is 5.95 Å². The van der Waals surface area contributed by atoms with Crippen LogP contribution in [-0.4, -0.2) is 29.1 Å². The second-order valence-electron chi connectivity index (χ2n) is 2.19. The third kappa shape index (κ3) is 1.73. The first-order chi connectivity index (χ1) is 5.75. The summed E-state index contributed by atoms with van der Waals surface area (Å²) in [7, 11) is 0. The van der Waals surface area contributed by atoms with Gasteiger partial charge >= 0.3 is 6.03 Å². The number of aromatic nitrogens is 2. The van der Waals surface area contributed by atoms with Crippen LogP contribution in [0.15, 0.2) is 12.4 Å². The topological polar surface area (TPSA) is 101 Å². The van der Waals surface area contributed by atoms with E-state index < -0.39 is 6.03 Å². The van der Waals surface area contributed by atoms with Gasteiger partial charge in [-0.25, -0.2) is 9.78 Å². The first-order valence-corrected chi connectivity index (χ1v) is 3.52. The van der Waals surface area contributed by atoms with Gasteiger partial charge in [0.1, 0.15) is 0 Å². The lowest BCUT2D eigenvalue weighted by Crippen LogP contribution is -2.39. The molecule has 1 aromatic heterocycles. The maximum absolute atomic E-state index is 10.8. The van der Waals surface area contributed by atoms with Crippen molar-refractivity contribution in [3.05, 3.63) is 12.4 Å². The van der Waals surface area contributed by atoms with Crippen LogP contribution < -0.4 is 16.4 Å². The molecule has 0 fully saturated rings. The summed E-state index contributed by atoms with van der Waals surface area (Å²) in [6.07, 6.45) is 3.16. The van der Waals surface area contributed by atoms with E-state index in [9.17, 15) is 4.79 Å². The zero-order valence-electron chi connectivity index (χ0n) is 6.53. The van der Waals surface area contributed by atoms with E-state index in [4.69, 9.17) is 11.5 Å². The molecule has 0 saturated heterocycles. The van der Waals surface area contributed by atoms with Gasteiger partial charge in [-0.1, -0.05) is 0 Å². The number of imidazole rings is 1. The predicted octanol–water partition coefficient (Wildman–Crippen LogP) is -0.747. The van der Waals surface area contributed by atoms with Gasteiger partial charge < -0.3 is 16.5 Å². The normalized spacial score (nSPS) is 9.75. The van der Waals surface area contributed by atoms with Gasteiger partial charge in [-0.3, -0.25) is 4.90 Å². The Balaban J connectivity index is 2.73. The number of carbonyl (C=O) groups is 1. The molecule has 0 aliphatic heterocycles. The number of nitrogens with one attached hydrogen (secondary N) is 1. The lowest BCUT2D eigenvalue weighted by atomic mass is 10.5. The lowest BCUT2D eigenvalue weighted by molar-refractivity contribution is 0.254. The fourth-order valence-electron chi connectivity index (χ4n) is 0.854. The van der Waals surface area contributed by atoms with Gasteiger partial charge in [0.25, 0.3) is 0 Å². The van der Waals surface area contributed by atoms with Crippen LogP contribution in [0.1, 0.15) is 0 Å². The van der Waals surface area contributed by atoms with E-state index >= 15 is 0 Å². The quantitative estimate of drug-likeness (QED) is 0.555. The van der Waals surface area contributed by atoms with Gasteiger partial charge in [0.15, 0.2) is 0 Å². The van der Waals surface area contributed by atoms with Crippen LogP contribution in [0, 0.1) is 0 Å². The van der Waals surface area contributed by atoms with E-state index in [2.05, 4.69) is 9.97 Å². The van der Waals surface area contributed by atoms with Crippen LogP contribution in [0.2, 0.25) is 0 Å². The molecule has 1 aromatic rings. The first kappa shape index (κ1) is 8.54. The number of H-pyrrole nitrogens is 1. The standard InChI is InChI=1S/C6H11N5O/c7-1-4-11(5(8)12)6-9-2-3-10-6/h2-3H,1,4,7H2,(H2,8,12)(H,9,10). The Hall–Kier alpha value is -1.56. The van der Waals surface area contributed by atoms with E-state index in [-0.39, 0.29) is 0 Å². The van der Waals surface area contributed by atoms with Crippen molar-refractivity contribution in [2.75, 3.05) is 18.0 Å². The highest BCUT2D eigenvalue weighted by molar-refractivity contribution is 5.88. The highest BCUT2D eigenvalue weighted by Crippen LogP contribution is 2.03. The van der Waals surface area contributed by atoms with Crippen molar-refractivity contribution in [2.45, 2.75) is 0 Å². The molecule has 0 aliphatic carbocycles. The summed E-state index contributed by atoms with van der Waals surface area (Å²) < 4.78 is 0. The average Bonchev–Trinajstić information content (AvgIpc) is 2.51. The molecule has 6 nitrogen and oxygen atoms in total. The molecule has 0 aliphatic rings. The van der Waals surface area contributed by atoms with Gasteiger partial charge in [0.05, 0.1) is 0 Å². The molecule has 0 radical (unpaired) electrons. The summed E-state index contributed by atoms with van der Waals surface area (Å²) in [5, 5.41) is 0. The number of amides is 2. The smallest absolute Gasteiger partial charge is 0.321 e. The molecule has 0 spiro atoms. The van der Waals surface area contributed by atoms with Gasteiger partial charge in [-0.2, -0.15) is 0 Å². The van der Waals surface area contributed by atoms with E-state index in [1.54, 1.807) is 12.4 Å². The highest BCUT2D eigenvalue weighted by atomic mass is 16.2. The first-order valence-electron chi connectivity index (χ1n) is 3.52. The van der Waals surface area contributed by atoms with Crippen LogP contribution in [0.4, 0.5) is 10.7 Å². The highest BCUT2D eigenvalue weighted by Gasteiger charge is 2.12. The summed E-state index contributed by atoms with van der Waals surface area (Å²) in [6.45, 7) is 0.715. The van der Waals surface area contributed by atoms with Crippen LogP contribution in [-0.2, 0) is 0 Å². The average molecular weight is 169 g/mol. The number of primary amides is 1. The molecule has 0 saturated carbocycles. The van der Waals surface area contributed by atoms with E-state index in [1.807, 2.05) is 0 Å². The molecule has 0 atom stereocenters. The summed E-state index contributed by atoms with van der Waals surface area (Å²) >= 11 is 0. The SMILES string of the molecule is NCCN(C(N)=O)c1ncc[nH]1. The molecule has 0 unspecified atom stereocenters. The minimum absolute atomic E-state index is 0.351. The third-order valence-corrected chi connectivity index (χ3v) is 1.36. The third-order valence-electron chi connectivity index (χ3n) is 1.36. The fourth-order valence-corrected chi connectivity index (χ4v) is 0.854. The van der Waals surface area contributed by atoms with Crippen molar-refractivity contribution in [1.82, 2.24) is 9.97 Å². The summed E-state index contributed by atoms with van der Waals surface area (Å²) in [4.78, 5) is 18.7. The Bertz CT molecular complexity index is 244. The molecule has 6 heteroatoms. The van der Waals surface area contributed by atoms with Crippen LogP contribution in [0.25, 0.3) is 0 Å². The van der Waals surface area contributed by atoms with Crippen molar-refractivity contribution in [3.63, 3.8) is 0 Å². The molecule has 66 valence electrons. The van der Waals surface area contributed by atoms with Crippen molar-refractivity contribution in [3.8, 4) is 0 Å². The second kappa shape index (κ2) is 3.72. The zero-order valence-corrected chi connectivity index (χ0v) is 6.53. The van der Waals surface area contributed by atoms with E-state index in [0.29, 0.717) is 19.0 Å². The lowest BCUT2D eigenvalue weighted by Gasteiger charge is -2.15. The number of carbonyl (C=O) groups excluding carboxylic acids is 1. The Morgan fingerprint density at radius 1 is 1.75 bits per heavy atom. The van der Waals surface area contributed by atoms with Gasteiger partial charge in [0, 0.05) is 25.5 Å². The van der Waals surface area contributed by atoms with Gasteiger partial charge in [-0.15, -0.1) is 0 Å². The number of rotatable bonds is 3. The van der Waals surface area contributed by atoms with E-state index in [0.717, 1.165) is 0 Å². The maximum Gasteiger partial charge on any atom is 0.321 e. The molecular formula is C6H11N5O. The van der Waals surface area contributed by atoms with E-state index in [1.165, 1.54) is 4.90 Å². The second-order valence-corrected chi connectivity index (χ2v) is 2.19. The number of urea groups is 1. The fraction of sp³-hybridized carbons (Fsp3) is 0.333. The number of hydrogen-bond acceptors (Lipinski definition) is 3. The summed E-state index contributed by atoms with van der Waals surface area (Å²) in [5.74, 6) is 0.424. The minimum Gasteiger partial charge on any atom is -0.351 e. The molecule has 5 N–H and O–H groups in total. The molecule has 0 bridgehead atoms. The Morgan fingerprint density at radius 2 is 2.50 bits per heavy atom. The molecule has 12 heavy (non-hydrogen) atoms. The summed E-state index contributed by atoms with van der Waals surface area (Å²) in [5.41, 5.74) is 10.4. The number of hydrogen-bond donors (Lipinski definition) is 3. The van der Waals surface area contributed by atoms with Gasteiger partial charge in [-0.05, 0) is 0 Å². The molecule has 0 aromatic carbocycles. The number of nitrogens with two attached hydrogens (primary N) is 2. The summed E-state index contributed by atoms with van der Waals surface area (Å²) in [6, 6.07) is -0.560. The van der Waals surface area contributed by atoms with Crippen molar-refractivity contribution in [1.29, 1.82) is 0 Å². The largest absolute Gasteiger partial charge is 0.351 e. The number of aromatic amines is 1. The molecule has 2 amide bonds. The Kier molecular flexibility index (Phi) is 2.65. The monoisotopic (exact) mass is 169 g/mol. The zero-order chi connectivity index (χ0) is 8.97. The number of anilines is 1. The van der Waals surface area contributed by atoms with Crippen LogP contribution in [0.3, 0.4) is 0 Å². The minimum atomic E-state index is -0.560. The molecular weight excluding hydrogens is 158 g/mol. The van der Waals surface area contributed by atoms with Crippen LogP contribution >= 0.6 is 0 Å². The maximum atomic E-state index is 10.8. The Morgan fingerprint density at radius 3 is 2.92 bits per heavy atom. The van der Waals surface area contributed by atoms with Crippen LogP contribution in [0.5, 0.6) is 0 Å². The van der Waals surface area contributed by atoms with Crippen molar-refractivity contribution < 1.29 is 4.79 Å². The molecule has 1 heterocycles. The Labute approximate surface area is 69.6 Å².